The van der Waals surface area contributed by atoms with Crippen LogP contribution < -0.4 is 5.32 Å². The van der Waals surface area contributed by atoms with E-state index in [4.69, 9.17) is 4.74 Å². The van der Waals surface area contributed by atoms with Gasteiger partial charge in [-0.05, 0) is 46.3 Å². The summed E-state index contributed by atoms with van der Waals surface area (Å²) in [5.74, 6) is -0.154. The normalized spacial score (nSPS) is 20.6. The van der Waals surface area contributed by atoms with Crippen LogP contribution in [0.1, 0.15) is 33.1 Å². The number of rotatable bonds is 8. The average Bonchev–Trinajstić information content (AvgIpc) is 2.45. The Morgan fingerprint density at radius 2 is 1.90 bits per heavy atom. The van der Waals surface area contributed by atoms with Gasteiger partial charge in [0.25, 0.3) is 0 Å². The smallest absolute Gasteiger partial charge is 0.325 e. The predicted octanol–water partition coefficient (Wildman–Crippen LogP) is 0.945. The molecule has 1 aliphatic rings. The minimum absolute atomic E-state index is 0.154. The van der Waals surface area contributed by atoms with Crippen LogP contribution in [0.4, 0.5) is 0 Å². The molecular weight excluding hydrogens is 254 g/mol. The van der Waals surface area contributed by atoms with Crippen molar-refractivity contribution in [1.82, 2.24) is 15.1 Å². The molecule has 1 atom stereocenters. The van der Waals surface area contributed by atoms with E-state index in [-0.39, 0.29) is 5.97 Å². The fourth-order valence-corrected chi connectivity index (χ4v) is 2.76. The van der Waals surface area contributed by atoms with Crippen LogP contribution in [-0.2, 0) is 9.53 Å². The van der Waals surface area contributed by atoms with Gasteiger partial charge in [0.1, 0.15) is 5.54 Å². The summed E-state index contributed by atoms with van der Waals surface area (Å²) >= 11 is 0. The lowest BCUT2D eigenvalue weighted by Gasteiger charge is -2.32. The number of likely N-dealkylation sites (N-methyl/N-ethyl adjacent to an activating group) is 2. The Labute approximate surface area is 123 Å². The molecule has 0 aromatic carbocycles. The lowest BCUT2D eigenvalue weighted by atomic mass is 9.94. The second kappa shape index (κ2) is 8.60. The molecule has 0 amide bonds. The maximum atomic E-state index is 11.9. The second-order valence-corrected chi connectivity index (χ2v) is 5.96. The Morgan fingerprint density at radius 1 is 1.25 bits per heavy atom. The molecule has 1 rings (SSSR count). The molecule has 0 bridgehead atoms. The first-order chi connectivity index (χ1) is 9.51. The van der Waals surface area contributed by atoms with Crippen LogP contribution in [0.25, 0.3) is 0 Å². The van der Waals surface area contributed by atoms with Crippen molar-refractivity contribution in [2.75, 3.05) is 53.4 Å². The van der Waals surface area contributed by atoms with Gasteiger partial charge < -0.3 is 19.9 Å². The van der Waals surface area contributed by atoms with Gasteiger partial charge in [-0.15, -0.1) is 0 Å². The largest absolute Gasteiger partial charge is 0.468 e. The number of unbranched alkanes of at least 4 members (excludes halogenated alkanes) is 1. The molecule has 5 nitrogen and oxygen atoms in total. The van der Waals surface area contributed by atoms with Crippen molar-refractivity contribution in [2.24, 2.45) is 0 Å². The standard InChI is InChI=1S/C15H31N3O2/c1-5-16-15(2,14(19)20-4)8-6-7-9-18-12-10-17(3)11-13-18/h16H,5-13H2,1-4H3. The van der Waals surface area contributed by atoms with Gasteiger partial charge >= 0.3 is 5.97 Å². The third-order valence-electron chi connectivity index (χ3n) is 4.20. The van der Waals surface area contributed by atoms with Crippen molar-refractivity contribution in [3.63, 3.8) is 0 Å². The van der Waals surface area contributed by atoms with Crippen molar-refractivity contribution < 1.29 is 9.53 Å². The zero-order valence-electron chi connectivity index (χ0n) is 13.6. The Morgan fingerprint density at radius 3 is 2.45 bits per heavy atom. The highest BCUT2D eigenvalue weighted by atomic mass is 16.5. The lowest BCUT2D eigenvalue weighted by molar-refractivity contribution is -0.148. The van der Waals surface area contributed by atoms with E-state index >= 15 is 0 Å². The number of nitrogens with one attached hydrogen (secondary N) is 1. The molecule has 5 heteroatoms. The zero-order chi connectivity index (χ0) is 15.0. The van der Waals surface area contributed by atoms with Crippen LogP contribution in [-0.4, -0.2) is 74.7 Å². The monoisotopic (exact) mass is 285 g/mol. The van der Waals surface area contributed by atoms with Gasteiger partial charge in [-0.1, -0.05) is 6.92 Å². The third-order valence-corrected chi connectivity index (χ3v) is 4.20. The molecule has 0 spiro atoms. The van der Waals surface area contributed by atoms with E-state index < -0.39 is 5.54 Å². The van der Waals surface area contributed by atoms with E-state index in [2.05, 4.69) is 22.2 Å². The average molecular weight is 285 g/mol. The van der Waals surface area contributed by atoms with Crippen LogP contribution in [0.2, 0.25) is 0 Å². The van der Waals surface area contributed by atoms with E-state index in [0.717, 1.165) is 58.5 Å². The number of methoxy groups -OCH3 is 1. The quantitative estimate of drug-likeness (QED) is 0.531. The molecule has 20 heavy (non-hydrogen) atoms. The van der Waals surface area contributed by atoms with Crippen molar-refractivity contribution in [3.05, 3.63) is 0 Å². The molecule has 0 aromatic heterocycles. The molecular formula is C15H31N3O2. The van der Waals surface area contributed by atoms with Gasteiger partial charge in [0.2, 0.25) is 0 Å². The van der Waals surface area contributed by atoms with Gasteiger partial charge in [0.05, 0.1) is 7.11 Å². The second-order valence-electron chi connectivity index (χ2n) is 5.96. The SMILES string of the molecule is CCNC(C)(CCCCN1CCN(C)CC1)C(=O)OC. The van der Waals surface area contributed by atoms with Gasteiger partial charge in [-0.2, -0.15) is 0 Å². The third kappa shape index (κ3) is 5.38. The Balaban J connectivity index is 2.25. The number of ether oxygens (including phenoxy) is 1. The summed E-state index contributed by atoms with van der Waals surface area (Å²) in [4.78, 5) is 16.7. The lowest BCUT2D eigenvalue weighted by Crippen LogP contribution is -2.50. The summed E-state index contributed by atoms with van der Waals surface area (Å²) in [7, 11) is 3.64. The van der Waals surface area contributed by atoms with Crippen LogP contribution in [0.3, 0.4) is 0 Å². The summed E-state index contributed by atoms with van der Waals surface area (Å²) in [5.41, 5.74) is -0.536. The van der Waals surface area contributed by atoms with E-state index in [9.17, 15) is 4.79 Å². The first-order valence-corrected chi connectivity index (χ1v) is 7.76. The van der Waals surface area contributed by atoms with Crippen molar-refractivity contribution >= 4 is 5.97 Å². The first kappa shape index (κ1) is 17.4. The fraction of sp³-hybridized carbons (Fsp3) is 0.933. The number of carbonyl (C=O) groups excluding carboxylic acids is 1. The molecule has 118 valence electrons. The van der Waals surface area contributed by atoms with Crippen molar-refractivity contribution in [3.8, 4) is 0 Å². The topological polar surface area (TPSA) is 44.8 Å². The molecule has 0 aromatic rings. The van der Waals surface area contributed by atoms with Crippen LogP contribution >= 0.6 is 0 Å². The van der Waals surface area contributed by atoms with Crippen LogP contribution in [0, 0.1) is 0 Å². The molecule has 1 aliphatic heterocycles. The van der Waals surface area contributed by atoms with Gasteiger partial charge in [-0.25, -0.2) is 0 Å². The summed E-state index contributed by atoms with van der Waals surface area (Å²) in [6.45, 7) is 10.5. The first-order valence-electron chi connectivity index (χ1n) is 7.76. The molecule has 1 fully saturated rings. The van der Waals surface area contributed by atoms with E-state index in [1.807, 2.05) is 13.8 Å². The Bertz CT molecular complexity index is 291. The summed E-state index contributed by atoms with van der Waals surface area (Å²) < 4.78 is 4.91. The number of esters is 1. The molecule has 1 N–H and O–H groups in total. The highest BCUT2D eigenvalue weighted by Crippen LogP contribution is 2.16. The summed E-state index contributed by atoms with van der Waals surface area (Å²) in [6, 6.07) is 0. The number of carbonyl (C=O) groups is 1. The Hall–Kier alpha value is -0.650. The minimum Gasteiger partial charge on any atom is -0.468 e. The maximum Gasteiger partial charge on any atom is 0.325 e. The summed E-state index contributed by atoms with van der Waals surface area (Å²) in [5, 5.41) is 3.26. The van der Waals surface area contributed by atoms with Gasteiger partial charge in [0, 0.05) is 26.2 Å². The van der Waals surface area contributed by atoms with Crippen molar-refractivity contribution in [1.29, 1.82) is 0 Å². The van der Waals surface area contributed by atoms with Crippen LogP contribution in [0.15, 0.2) is 0 Å². The van der Waals surface area contributed by atoms with Crippen LogP contribution in [0.5, 0.6) is 0 Å². The molecule has 1 heterocycles. The molecule has 0 radical (unpaired) electrons. The fourth-order valence-electron chi connectivity index (χ4n) is 2.76. The number of piperazine rings is 1. The van der Waals surface area contributed by atoms with Crippen molar-refractivity contribution in [2.45, 2.75) is 38.6 Å². The highest BCUT2D eigenvalue weighted by molar-refractivity contribution is 5.80. The minimum atomic E-state index is -0.536. The summed E-state index contributed by atoms with van der Waals surface area (Å²) in [6.07, 6.45) is 3.02. The maximum absolute atomic E-state index is 11.9. The predicted molar refractivity (Wildman–Crippen MR) is 81.9 cm³/mol. The van der Waals surface area contributed by atoms with E-state index in [0.29, 0.717) is 0 Å². The number of hydrogen-bond donors (Lipinski definition) is 1. The highest BCUT2D eigenvalue weighted by Gasteiger charge is 2.32. The van der Waals surface area contributed by atoms with E-state index in [1.54, 1.807) is 0 Å². The molecule has 0 aliphatic carbocycles. The molecule has 1 saturated heterocycles. The van der Waals surface area contributed by atoms with Gasteiger partial charge in [-0.3, -0.25) is 4.79 Å². The van der Waals surface area contributed by atoms with Gasteiger partial charge in [0.15, 0.2) is 0 Å². The zero-order valence-corrected chi connectivity index (χ0v) is 13.6. The number of hydrogen-bond acceptors (Lipinski definition) is 5. The van der Waals surface area contributed by atoms with E-state index in [1.165, 1.54) is 7.11 Å². The number of nitrogens with zero attached hydrogens (tertiary/aromatic N) is 2. The molecule has 0 saturated carbocycles. The Kier molecular flexibility index (Phi) is 7.48. The molecule has 1 unspecified atom stereocenters.